The van der Waals surface area contributed by atoms with E-state index < -0.39 is 17.6 Å². The van der Waals surface area contributed by atoms with Gasteiger partial charge in [-0.3, -0.25) is 4.90 Å². The molecule has 0 bridgehead atoms. The largest absolute Gasteiger partial charge is 0.419 e. The lowest BCUT2D eigenvalue weighted by Gasteiger charge is -2.27. The zero-order chi connectivity index (χ0) is 15.6. The number of halogens is 4. The maximum absolute atomic E-state index is 13.3. The predicted molar refractivity (Wildman–Crippen MR) is 70.2 cm³/mol. The standard InChI is InChI=1S/C14H18F4N2O/c1-21-10-4-5-20(8-10)13(7-19)9-2-3-12(15)11(6-9)14(16,17)18/h2-3,6,10,13H,4-5,7-8,19H2,1H3. The van der Waals surface area contributed by atoms with Gasteiger partial charge in [-0.1, -0.05) is 6.07 Å². The number of ether oxygens (including phenoxy) is 1. The third-order valence-corrected chi connectivity index (χ3v) is 3.85. The Morgan fingerprint density at radius 2 is 2.14 bits per heavy atom. The summed E-state index contributed by atoms with van der Waals surface area (Å²) >= 11 is 0. The molecule has 1 aliphatic rings. The monoisotopic (exact) mass is 306 g/mol. The summed E-state index contributed by atoms with van der Waals surface area (Å²) in [5.41, 5.74) is 4.84. The first-order chi connectivity index (χ1) is 9.86. The molecule has 1 saturated heterocycles. The first-order valence-corrected chi connectivity index (χ1v) is 6.70. The van der Waals surface area contributed by atoms with Crippen LogP contribution in [0.2, 0.25) is 0 Å². The van der Waals surface area contributed by atoms with Crippen LogP contribution in [0.25, 0.3) is 0 Å². The normalized spacial score (nSPS) is 21.7. The zero-order valence-corrected chi connectivity index (χ0v) is 11.7. The smallest absolute Gasteiger partial charge is 0.380 e. The number of alkyl halides is 3. The van der Waals surface area contributed by atoms with Crippen LogP contribution in [0.4, 0.5) is 17.6 Å². The summed E-state index contributed by atoms with van der Waals surface area (Å²) in [5.74, 6) is -1.27. The molecular weight excluding hydrogens is 288 g/mol. The van der Waals surface area contributed by atoms with Crippen molar-refractivity contribution in [2.24, 2.45) is 5.73 Å². The van der Waals surface area contributed by atoms with Gasteiger partial charge < -0.3 is 10.5 Å². The number of rotatable bonds is 4. The van der Waals surface area contributed by atoms with Crippen molar-refractivity contribution in [3.05, 3.63) is 35.1 Å². The highest BCUT2D eigenvalue weighted by molar-refractivity contribution is 5.30. The Morgan fingerprint density at radius 1 is 1.43 bits per heavy atom. The summed E-state index contributed by atoms with van der Waals surface area (Å²) in [6.07, 6.45) is -3.85. The van der Waals surface area contributed by atoms with Crippen molar-refractivity contribution in [1.82, 2.24) is 4.90 Å². The van der Waals surface area contributed by atoms with Crippen LogP contribution in [-0.4, -0.2) is 37.7 Å². The molecule has 7 heteroatoms. The van der Waals surface area contributed by atoms with Crippen LogP contribution in [0.3, 0.4) is 0 Å². The minimum Gasteiger partial charge on any atom is -0.380 e. The minimum atomic E-state index is -4.71. The highest BCUT2D eigenvalue weighted by Gasteiger charge is 2.36. The van der Waals surface area contributed by atoms with Gasteiger partial charge in [-0.25, -0.2) is 4.39 Å². The van der Waals surface area contributed by atoms with Gasteiger partial charge in [0.2, 0.25) is 0 Å². The summed E-state index contributed by atoms with van der Waals surface area (Å²) in [4.78, 5) is 1.97. The molecule has 2 N–H and O–H groups in total. The lowest BCUT2D eigenvalue weighted by molar-refractivity contribution is -0.140. The van der Waals surface area contributed by atoms with Crippen LogP contribution in [0.15, 0.2) is 18.2 Å². The van der Waals surface area contributed by atoms with Gasteiger partial charge in [-0.2, -0.15) is 13.2 Å². The lowest BCUT2D eigenvalue weighted by Crippen LogP contribution is -2.33. The van der Waals surface area contributed by atoms with Crippen LogP contribution >= 0.6 is 0 Å². The number of likely N-dealkylation sites (tertiary alicyclic amines) is 1. The molecule has 0 radical (unpaired) electrons. The average molecular weight is 306 g/mol. The summed E-state index contributed by atoms with van der Waals surface area (Å²) in [7, 11) is 1.60. The fraction of sp³-hybridized carbons (Fsp3) is 0.571. The Labute approximate surface area is 120 Å². The molecule has 2 rings (SSSR count). The van der Waals surface area contributed by atoms with E-state index >= 15 is 0 Å². The molecule has 1 fully saturated rings. The molecule has 2 unspecified atom stereocenters. The highest BCUT2D eigenvalue weighted by atomic mass is 19.4. The van der Waals surface area contributed by atoms with E-state index in [-0.39, 0.29) is 18.7 Å². The van der Waals surface area contributed by atoms with Crippen LogP contribution in [-0.2, 0) is 10.9 Å². The fourth-order valence-corrected chi connectivity index (χ4v) is 2.69. The van der Waals surface area contributed by atoms with E-state index in [0.29, 0.717) is 18.7 Å². The molecule has 0 saturated carbocycles. The molecule has 0 aromatic heterocycles. The predicted octanol–water partition coefficient (Wildman–Crippen LogP) is 2.57. The molecule has 1 aromatic carbocycles. The van der Waals surface area contributed by atoms with Crippen molar-refractivity contribution in [2.45, 2.75) is 24.7 Å². The Kier molecular flexibility index (Phi) is 4.85. The maximum Gasteiger partial charge on any atom is 0.419 e. The lowest BCUT2D eigenvalue weighted by atomic mass is 10.0. The van der Waals surface area contributed by atoms with Gasteiger partial charge in [0.1, 0.15) is 5.82 Å². The summed E-state index contributed by atoms with van der Waals surface area (Å²) in [6.45, 7) is 1.47. The minimum absolute atomic E-state index is 0.0570. The Bertz CT molecular complexity index is 492. The van der Waals surface area contributed by atoms with Crippen molar-refractivity contribution < 1.29 is 22.3 Å². The molecule has 1 aromatic rings. The first kappa shape index (κ1) is 16.2. The number of nitrogens with zero attached hydrogens (tertiary/aromatic N) is 1. The van der Waals surface area contributed by atoms with E-state index in [0.717, 1.165) is 18.6 Å². The summed E-state index contributed by atoms with van der Waals surface area (Å²) in [6, 6.07) is 2.70. The quantitative estimate of drug-likeness (QED) is 0.869. The molecule has 21 heavy (non-hydrogen) atoms. The highest BCUT2D eigenvalue weighted by Crippen LogP contribution is 2.34. The van der Waals surface area contributed by atoms with Gasteiger partial charge >= 0.3 is 6.18 Å². The molecule has 1 heterocycles. The van der Waals surface area contributed by atoms with Crippen LogP contribution in [0.5, 0.6) is 0 Å². The van der Waals surface area contributed by atoms with E-state index in [9.17, 15) is 17.6 Å². The number of hydrogen-bond donors (Lipinski definition) is 1. The summed E-state index contributed by atoms with van der Waals surface area (Å²) < 4.78 is 56.9. The van der Waals surface area contributed by atoms with Crippen molar-refractivity contribution in [2.75, 3.05) is 26.7 Å². The van der Waals surface area contributed by atoms with Gasteiger partial charge in [0, 0.05) is 32.8 Å². The Balaban J connectivity index is 2.27. The molecular formula is C14H18F4N2O. The van der Waals surface area contributed by atoms with Crippen LogP contribution in [0.1, 0.15) is 23.6 Å². The van der Waals surface area contributed by atoms with Crippen molar-refractivity contribution >= 4 is 0 Å². The maximum atomic E-state index is 13.3. The van der Waals surface area contributed by atoms with Gasteiger partial charge in [-0.15, -0.1) is 0 Å². The molecule has 118 valence electrons. The number of methoxy groups -OCH3 is 1. The Morgan fingerprint density at radius 3 is 2.67 bits per heavy atom. The fourth-order valence-electron chi connectivity index (χ4n) is 2.69. The zero-order valence-electron chi connectivity index (χ0n) is 11.7. The second-order valence-corrected chi connectivity index (χ2v) is 5.13. The van der Waals surface area contributed by atoms with Crippen molar-refractivity contribution in [1.29, 1.82) is 0 Å². The van der Waals surface area contributed by atoms with Gasteiger partial charge in [-0.05, 0) is 24.1 Å². The second kappa shape index (κ2) is 6.29. The van der Waals surface area contributed by atoms with E-state index in [2.05, 4.69) is 0 Å². The second-order valence-electron chi connectivity index (χ2n) is 5.13. The number of hydrogen-bond acceptors (Lipinski definition) is 3. The van der Waals surface area contributed by atoms with Gasteiger partial charge in [0.25, 0.3) is 0 Å². The van der Waals surface area contributed by atoms with Crippen molar-refractivity contribution in [3.63, 3.8) is 0 Å². The van der Waals surface area contributed by atoms with Crippen LogP contribution in [0, 0.1) is 5.82 Å². The van der Waals surface area contributed by atoms with Crippen LogP contribution < -0.4 is 5.73 Å². The SMILES string of the molecule is COC1CCN(C(CN)c2ccc(F)c(C(F)(F)F)c2)C1. The topological polar surface area (TPSA) is 38.5 Å². The van der Waals surface area contributed by atoms with E-state index in [1.54, 1.807) is 7.11 Å². The summed E-state index contributed by atoms with van der Waals surface area (Å²) in [5, 5.41) is 0. The third-order valence-electron chi connectivity index (χ3n) is 3.85. The first-order valence-electron chi connectivity index (χ1n) is 6.70. The number of benzene rings is 1. The molecule has 0 amide bonds. The van der Waals surface area contributed by atoms with Gasteiger partial charge in [0.05, 0.1) is 11.7 Å². The molecule has 0 aliphatic carbocycles. The van der Waals surface area contributed by atoms with E-state index in [1.165, 1.54) is 6.07 Å². The van der Waals surface area contributed by atoms with Gasteiger partial charge in [0.15, 0.2) is 0 Å². The molecule has 1 aliphatic heterocycles. The third kappa shape index (κ3) is 3.53. The molecule has 3 nitrogen and oxygen atoms in total. The molecule has 0 spiro atoms. The number of nitrogens with two attached hydrogens (primary N) is 1. The Hall–Kier alpha value is -1.18. The average Bonchev–Trinajstić information content (AvgIpc) is 2.89. The van der Waals surface area contributed by atoms with E-state index in [4.69, 9.17) is 10.5 Å². The van der Waals surface area contributed by atoms with Crippen molar-refractivity contribution in [3.8, 4) is 0 Å². The van der Waals surface area contributed by atoms with E-state index in [1.807, 2.05) is 4.90 Å². The molecule has 2 atom stereocenters.